The Balaban J connectivity index is 0.00000137. The van der Waals surface area contributed by atoms with E-state index in [2.05, 4.69) is 15.4 Å². The molecule has 11 nitrogen and oxygen atoms in total. The third-order valence-corrected chi connectivity index (χ3v) is 6.45. The lowest BCUT2D eigenvalue weighted by Crippen LogP contribution is -2.47. The van der Waals surface area contributed by atoms with Crippen LogP contribution in [0.15, 0.2) is 53.4 Å². The van der Waals surface area contributed by atoms with Gasteiger partial charge < -0.3 is 25.2 Å². The summed E-state index contributed by atoms with van der Waals surface area (Å²) in [6, 6.07) is 11.9. The molecule has 1 aliphatic rings. The first-order chi connectivity index (χ1) is 16.8. The van der Waals surface area contributed by atoms with E-state index in [1.165, 1.54) is 19.2 Å². The van der Waals surface area contributed by atoms with Crippen LogP contribution in [0, 0.1) is 0 Å². The number of carboxylic acid groups (broad SMARTS) is 1. The van der Waals surface area contributed by atoms with Gasteiger partial charge in [0.1, 0.15) is 24.1 Å². The Labute approximate surface area is 203 Å². The molecule has 3 rings (SSSR count). The maximum absolute atomic E-state index is 12.7. The van der Waals surface area contributed by atoms with Crippen LogP contribution in [0.4, 0.5) is 0 Å². The number of methoxy groups -OCH3 is 1. The zero-order chi connectivity index (χ0) is 25.7. The summed E-state index contributed by atoms with van der Waals surface area (Å²) in [5, 5.41) is 12.4. The molecule has 0 fully saturated rings. The fourth-order valence-corrected chi connectivity index (χ4v) is 4.52. The molecule has 0 aromatic heterocycles. The number of nitrogens with one attached hydrogen (secondary N) is 3. The maximum atomic E-state index is 12.7. The predicted octanol–water partition coefficient (Wildman–Crippen LogP) is 1.15. The normalized spacial score (nSPS) is 17.1. The monoisotopic (exact) mass is 507 g/mol. The number of ether oxygens (including phenoxy) is 2. The quantitative estimate of drug-likeness (QED) is 0.448. The zero-order valence-electron chi connectivity index (χ0n) is 19.2. The second-order valence-corrected chi connectivity index (χ2v) is 9.06. The number of fused-ring (bicyclic) bond motifs is 1. The topological polar surface area (TPSA) is 160 Å². The van der Waals surface area contributed by atoms with E-state index in [1.54, 1.807) is 36.4 Å². The van der Waals surface area contributed by atoms with Crippen molar-refractivity contribution in [2.24, 2.45) is 0 Å². The molecule has 0 bridgehead atoms. The summed E-state index contributed by atoms with van der Waals surface area (Å²) in [7, 11) is -2.34. The minimum absolute atomic E-state index is 0.0911. The highest BCUT2D eigenvalue weighted by Gasteiger charge is 2.25. The van der Waals surface area contributed by atoms with Gasteiger partial charge in [-0.25, -0.2) is 8.42 Å². The molecule has 0 saturated heterocycles. The molecule has 190 valence electrons. The van der Waals surface area contributed by atoms with Gasteiger partial charge in [-0.1, -0.05) is 18.2 Å². The minimum atomic E-state index is -3.85. The minimum Gasteiger partial charge on any atom is -0.497 e. The van der Waals surface area contributed by atoms with Gasteiger partial charge in [-0.3, -0.25) is 14.4 Å². The summed E-state index contributed by atoms with van der Waals surface area (Å²) >= 11 is 0. The number of hydrogen-bond donors (Lipinski definition) is 4. The Kier molecular flexibility index (Phi) is 11.0. The Morgan fingerprint density at radius 1 is 1.09 bits per heavy atom. The van der Waals surface area contributed by atoms with E-state index in [1.807, 2.05) is 0 Å². The summed E-state index contributed by atoms with van der Waals surface area (Å²) in [5.74, 6) is 0.178. The molecule has 0 spiro atoms. The summed E-state index contributed by atoms with van der Waals surface area (Å²) in [6.07, 6.45) is 1.42. The van der Waals surface area contributed by atoms with Gasteiger partial charge in [0.05, 0.1) is 24.1 Å². The molecule has 35 heavy (non-hydrogen) atoms. The third-order valence-electron chi connectivity index (χ3n) is 4.96. The van der Waals surface area contributed by atoms with Crippen molar-refractivity contribution in [2.75, 3.05) is 26.8 Å². The first kappa shape index (κ1) is 27.6. The number of hydrogen-bond acceptors (Lipinski definition) is 7. The maximum Gasteiger partial charge on any atom is 0.290 e. The largest absolute Gasteiger partial charge is 0.497 e. The molecule has 2 aromatic carbocycles. The predicted molar refractivity (Wildman–Crippen MR) is 127 cm³/mol. The van der Waals surface area contributed by atoms with Gasteiger partial charge in [-0.05, 0) is 43.5 Å². The Hall–Kier alpha value is -3.64. The van der Waals surface area contributed by atoms with Crippen LogP contribution in [0.1, 0.15) is 29.6 Å². The van der Waals surface area contributed by atoms with Crippen molar-refractivity contribution in [3.63, 3.8) is 0 Å². The fourth-order valence-electron chi connectivity index (χ4n) is 3.26. The van der Waals surface area contributed by atoms with E-state index in [9.17, 15) is 18.0 Å². The molecule has 1 heterocycles. The number of carbonyl (C=O) groups is 3. The van der Waals surface area contributed by atoms with Gasteiger partial charge in [0.25, 0.3) is 12.4 Å². The van der Waals surface area contributed by atoms with Crippen molar-refractivity contribution in [2.45, 2.75) is 30.2 Å². The summed E-state index contributed by atoms with van der Waals surface area (Å²) in [5.41, 5.74) is 0.377. The van der Waals surface area contributed by atoms with Crippen LogP contribution in [-0.2, 0) is 19.6 Å². The van der Waals surface area contributed by atoms with E-state index in [-0.39, 0.29) is 30.4 Å². The molecule has 12 heteroatoms. The molecule has 0 radical (unpaired) electrons. The van der Waals surface area contributed by atoms with Gasteiger partial charge in [0.15, 0.2) is 0 Å². The van der Waals surface area contributed by atoms with Crippen molar-refractivity contribution in [1.82, 2.24) is 15.4 Å². The first-order valence-electron chi connectivity index (χ1n) is 10.8. The van der Waals surface area contributed by atoms with E-state index < -0.39 is 22.0 Å². The lowest BCUT2D eigenvalue weighted by molar-refractivity contribution is -0.123. The SMILES string of the molecule is COc1ccc2c(c1)OCCNC(=O)[C@@H](NS(=O)(=O)c1ccccc1)CCCCNC2=O.O=CO. The van der Waals surface area contributed by atoms with Crippen LogP contribution >= 0.6 is 0 Å². The van der Waals surface area contributed by atoms with Crippen molar-refractivity contribution in [3.8, 4) is 11.5 Å². The molecule has 0 unspecified atom stereocenters. The van der Waals surface area contributed by atoms with Crippen LogP contribution in [0.5, 0.6) is 11.5 Å². The molecule has 2 aromatic rings. The van der Waals surface area contributed by atoms with E-state index in [4.69, 9.17) is 19.4 Å². The lowest BCUT2D eigenvalue weighted by Gasteiger charge is -2.20. The zero-order valence-corrected chi connectivity index (χ0v) is 20.0. The summed E-state index contributed by atoms with van der Waals surface area (Å²) in [6.45, 7) is 0.363. The van der Waals surface area contributed by atoms with Crippen molar-refractivity contribution < 1.29 is 37.4 Å². The average molecular weight is 508 g/mol. The Bertz CT molecular complexity index is 1090. The van der Waals surface area contributed by atoms with Crippen LogP contribution in [0.3, 0.4) is 0 Å². The number of rotatable bonds is 4. The number of amides is 2. The van der Waals surface area contributed by atoms with Gasteiger partial charge in [0.2, 0.25) is 15.9 Å². The molecule has 2 amide bonds. The van der Waals surface area contributed by atoms with Gasteiger partial charge in [-0.2, -0.15) is 4.72 Å². The van der Waals surface area contributed by atoms with Gasteiger partial charge >= 0.3 is 0 Å². The Morgan fingerprint density at radius 3 is 2.49 bits per heavy atom. The molecule has 0 aliphatic carbocycles. The second kappa shape index (κ2) is 13.9. The van der Waals surface area contributed by atoms with Crippen LogP contribution in [0.25, 0.3) is 0 Å². The highest BCUT2D eigenvalue weighted by Crippen LogP contribution is 2.25. The third kappa shape index (κ3) is 8.58. The van der Waals surface area contributed by atoms with Crippen LogP contribution in [-0.4, -0.2) is 64.7 Å². The average Bonchev–Trinajstić information content (AvgIpc) is 2.85. The van der Waals surface area contributed by atoms with Crippen molar-refractivity contribution in [3.05, 3.63) is 54.1 Å². The molecule has 0 saturated carbocycles. The van der Waals surface area contributed by atoms with Gasteiger partial charge in [0, 0.05) is 12.6 Å². The molecule has 1 aliphatic heterocycles. The van der Waals surface area contributed by atoms with E-state index >= 15 is 0 Å². The van der Waals surface area contributed by atoms with Crippen molar-refractivity contribution in [1.29, 1.82) is 0 Å². The summed E-state index contributed by atoms with van der Waals surface area (Å²) in [4.78, 5) is 33.7. The Morgan fingerprint density at radius 2 is 1.80 bits per heavy atom. The number of carbonyl (C=O) groups excluding carboxylic acids is 2. The number of benzene rings is 2. The standard InChI is InChI=1S/C22H27N3O6S.CH2O2/c1-30-16-10-11-18-20(15-16)31-14-13-24-22(27)19(9-5-6-12-23-21(18)26)25-32(28,29)17-7-3-2-4-8-17;2-1-3/h2-4,7-8,10-11,15,19,25H,5-6,9,12-14H2,1H3,(H,23,26)(H,24,27);1H,(H,2,3)/t19-;/m0./s1. The molecule has 1 atom stereocenters. The van der Waals surface area contributed by atoms with Crippen molar-refractivity contribution >= 4 is 28.3 Å². The van der Waals surface area contributed by atoms with Crippen LogP contribution < -0.4 is 24.8 Å². The highest BCUT2D eigenvalue weighted by molar-refractivity contribution is 7.89. The first-order valence-corrected chi connectivity index (χ1v) is 12.3. The second-order valence-electron chi connectivity index (χ2n) is 7.35. The lowest BCUT2D eigenvalue weighted by atomic mass is 10.1. The molecule has 4 N–H and O–H groups in total. The van der Waals surface area contributed by atoms with Crippen LogP contribution in [0.2, 0.25) is 0 Å². The fraction of sp³-hybridized carbons (Fsp3) is 0.348. The summed E-state index contributed by atoms with van der Waals surface area (Å²) < 4.78 is 38.7. The van der Waals surface area contributed by atoms with E-state index in [0.717, 1.165) is 0 Å². The molecular formula is C23H29N3O8S. The molecular weight excluding hydrogens is 478 g/mol. The van der Waals surface area contributed by atoms with Gasteiger partial charge in [-0.15, -0.1) is 0 Å². The van der Waals surface area contributed by atoms with E-state index in [0.29, 0.717) is 42.9 Å². The number of sulfonamides is 1. The smallest absolute Gasteiger partial charge is 0.290 e. The highest BCUT2D eigenvalue weighted by atomic mass is 32.2.